The molecule has 2 aromatic heterocycles. The summed E-state index contributed by atoms with van der Waals surface area (Å²) in [7, 11) is 0. The van der Waals surface area contributed by atoms with Gasteiger partial charge in [-0.3, -0.25) is 9.36 Å². The molecule has 0 fully saturated rings. The molecule has 3 aromatic rings. The van der Waals surface area contributed by atoms with Crippen molar-refractivity contribution in [2.75, 3.05) is 5.32 Å². The number of rotatable bonds is 7. The van der Waals surface area contributed by atoms with Gasteiger partial charge in [-0.25, -0.2) is 0 Å². The van der Waals surface area contributed by atoms with Gasteiger partial charge in [-0.15, -0.1) is 28.1 Å². The minimum atomic E-state index is -0.407. The number of carbonyl (C=O) groups excluding carboxylic acids is 1. The highest BCUT2D eigenvalue weighted by atomic mass is 32.2. The molecule has 6 nitrogen and oxygen atoms in total. The van der Waals surface area contributed by atoms with Crippen molar-refractivity contribution >= 4 is 34.0 Å². The number of nitrogens with one attached hydrogen (secondary N) is 1. The molecule has 3 rings (SSSR count). The van der Waals surface area contributed by atoms with Crippen LogP contribution in [0.5, 0.6) is 0 Å². The Morgan fingerprint density at radius 3 is 2.89 bits per heavy atom. The van der Waals surface area contributed by atoms with Crippen LogP contribution in [0.4, 0.5) is 5.00 Å². The van der Waals surface area contributed by atoms with Crippen LogP contribution in [0.3, 0.4) is 0 Å². The average molecular weight is 396 g/mol. The number of anilines is 1. The van der Waals surface area contributed by atoms with E-state index in [1.165, 1.54) is 23.1 Å². The molecule has 0 unspecified atom stereocenters. The number of thiophene rings is 1. The lowest BCUT2D eigenvalue weighted by Gasteiger charge is -2.12. The molecule has 0 saturated carbocycles. The van der Waals surface area contributed by atoms with Crippen LogP contribution in [-0.4, -0.2) is 25.9 Å². The van der Waals surface area contributed by atoms with Gasteiger partial charge < -0.3 is 5.32 Å². The summed E-state index contributed by atoms with van der Waals surface area (Å²) in [6.07, 6.45) is 1.77. The fourth-order valence-corrected chi connectivity index (χ4v) is 3.99. The quantitative estimate of drug-likeness (QED) is 0.479. The molecule has 136 valence electrons. The summed E-state index contributed by atoms with van der Waals surface area (Å²) < 4.78 is 1.93. The number of allylic oxidation sites excluding steroid dienone is 1. The third kappa shape index (κ3) is 4.27. The van der Waals surface area contributed by atoms with Crippen molar-refractivity contribution in [1.29, 1.82) is 5.26 Å². The van der Waals surface area contributed by atoms with Crippen molar-refractivity contribution < 1.29 is 4.79 Å². The summed E-state index contributed by atoms with van der Waals surface area (Å²) in [6, 6.07) is 13.5. The van der Waals surface area contributed by atoms with Gasteiger partial charge in [0.2, 0.25) is 5.91 Å². The van der Waals surface area contributed by atoms with Crippen molar-refractivity contribution in [3.63, 3.8) is 0 Å². The van der Waals surface area contributed by atoms with E-state index in [0.29, 0.717) is 22.3 Å². The molecule has 0 saturated heterocycles. The maximum atomic E-state index is 12.5. The lowest BCUT2D eigenvalue weighted by atomic mass is 10.2. The first-order chi connectivity index (χ1) is 13.1. The molecule has 1 aromatic carbocycles. The molecule has 0 spiro atoms. The van der Waals surface area contributed by atoms with Crippen LogP contribution in [0.25, 0.3) is 11.4 Å². The summed E-state index contributed by atoms with van der Waals surface area (Å²) in [5.74, 6) is 0.545. The van der Waals surface area contributed by atoms with Gasteiger partial charge >= 0.3 is 0 Å². The minimum absolute atomic E-state index is 0.187. The van der Waals surface area contributed by atoms with Gasteiger partial charge in [0.1, 0.15) is 11.1 Å². The molecule has 1 N–H and O–H groups in total. The average Bonchev–Trinajstić information content (AvgIpc) is 3.29. The zero-order valence-corrected chi connectivity index (χ0v) is 16.3. The normalized spacial score (nSPS) is 11.6. The Balaban J connectivity index is 1.78. The first kappa shape index (κ1) is 18.9. The molecule has 1 amide bonds. The van der Waals surface area contributed by atoms with Gasteiger partial charge in [0.15, 0.2) is 11.0 Å². The molecular weight excluding hydrogens is 378 g/mol. The molecule has 0 aliphatic carbocycles. The maximum absolute atomic E-state index is 12.5. The highest BCUT2D eigenvalue weighted by Gasteiger charge is 2.21. The number of carbonyl (C=O) groups is 1. The van der Waals surface area contributed by atoms with E-state index in [0.717, 1.165) is 11.4 Å². The summed E-state index contributed by atoms with van der Waals surface area (Å²) in [4.78, 5) is 12.5. The number of thioether (sulfide) groups is 1. The summed E-state index contributed by atoms with van der Waals surface area (Å²) in [5, 5.41) is 23.0. The van der Waals surface area contributed by atoms with E-state index in [1.54, 1.807) is 24.4 Å². The number of nitriles is 1. The van der Waals surface area contributed by atoms with Gasteiger partial charge in [-0.1, -0.05) is 48.2 Å². The van der Waals surface area contributed by atoms with Crippen LogP contribution in [0.2, 0.25) is 0 Å². The fourth-order valence-electron chi connectivity index (χ4n) is 2.39. The van der Waals surface area contributed by atoms with Crippen molar-refractivity contribution in [3.05, 3.63) is 60.0 Å². The third-order valence-corrected chi connectivity index (χ3v) is 5.64. The Morgan fingerprint density at radius 1 is 1.41 bits per heavy atom. The molecule has 0 bridgehead atoms. The van der Waals surface area contributed by atoms with Gasteiger partial charge in [0.05, 0.1) is 10.8 Å². The van der Waals surface area contributed by atoms with Gasteiger partial charge in [0.25, 0.3) is 0 Å². The Labute approximate surface area is 165 Å². The summed E-state index contributed by atoms with van der Waals surface area (Å²) in [5.41, 5.74) is 1.42. The van der Waals surface area contributed by atoms with E-state index >= 15 is 0 Å². The van der Waals surface area contributed by atoms with Crippen LogP contribution < -0.4 is 5.32 Å². The molecule has 1 atom stereocenters. The van der Waals surface area contributed by atoms with Crippen molar-refractivity contribution in [2.24, 2.45) is 0 Å². The number of amides is 1. The van der Waals surface area contributed by atoms with E-state index in [4.69, 9.17) is 5.26 Å². The van der Waals surface area contributed by atoms with E-state index in [-0.39, 0.29) is 5.91 Å². The number of hydrogen-bond acceptors (Lipinski definition) is 6. The fraction of sp³-hybridized carbons (Fsp3) is 0.158. The van der Waals surface area contributed by atoms with Gasteiger partial charge in [0, 0.05) is 12.1 Å². The minimum Gasteiger partial charge on any atom is -0.316 e. The van der Waals surface area contributed by atoms with Crippen molar-refractivity contribution in [3.8, 4) is 17.5 Å². The smallest absolute Gasteiger partial charge is 0.238 e. The van der Waals surface area contributed by atoms with Gasteiger partial charge in [-0.05, 0) is 18.4 Å². The standard InChI is InChI=1S/C19H17N5OS2/c1-3-10-24-16(14-7-5-4-6-8-14)22-23-19(24)27-13(2)17(25)21-18-15(12-20)9-11-26-18/h3-9,11,13H,1,10H2,2H3,(H,21,25)/t13-/m1/s1. The highest BCUT2D eigenvalue weighted by Crippen LogP contribution is 2.28. The summed E-state index contributed by atoms with van der Waals surface area (Å²) in [6.45, 7) is 6.14. The van der Waals surface area contributed by atoms with E-state index in [2.05, 4.69) is 28.2 Å². The van der Waals surface area contributed by atoms with E-state index in [9.17, 15) is 4.79 Å². The molecule has 27 heavy (non-hydrogen) atoms. The Bertz CT molecular complexity index is 987. The van der Waals surface area contributed by atoms with Gasteiger partial charge in [-0.2, -0.15) is 5.26 Å². The number of nitrogens with zero attached hydrogens (tertiary/aromatic N) is 4. The maximum Gasteiger partial charge on any atom is 0.238 e. The molecule has 2 heterocycles. The van der Waals surface area contributed by atoms with Crippen LogP contribution in [0, 0.1) is 11.3 Å². The van der Waals surface area contributed by atoms with E-state index in [1.807, 2.05) is 34.9 Å². The Hall–Kier alpha value is -2.89. The number of hydrogen-bond donors (Lipinski definition) is 1. The molecule has 0 radical (unpaired) electrons. The van der Waals surface area contributed by atoms with Crippen LogP contribution in [0.15, 0.2) is 59.6 Å². The monoisotopic (exact) mass is 395 g/mol. The second-order valence-electron chi connectivity index (χ2n) is 5.60. The summed E-state index contributed by atoms with van der Waals surface area (Å²) >= 11 is 2.65. The lowest BCUT2D eigenvalue weighted by molar-refractivity contribution is -0.115. The first-order valence-corrected chi connectivity index (χ1v) is 9.94. The number of benzene rings is 1. The molecule has 0 aliphatic rings. The topological polar surface area (TPSA) is 83.6 Å². The largest absolute Gasteiger partial charge is 0.316 e. The second kappa shape index (κ2) is 8.66. The van der Waals surface area contributed by atoms with Crippen LogP contribution in [-0.2, 0) is 11.3 Å². The van der Waals surface area contributed by atoms with Crippen molar-refractivity contribution in [2.45, 2.75) is 23.9 Å². The van der Waals surface area contributed by atoms with Crippen LogP contribution >= 0.6 is 23.1 Å². The lowest BCUT2D eigenvalue weighted by Crippen LogP contribution is -2.22. The van der Waals surface area contributed by atoms with Crippen LogP contribution in [0.1, 0.15) is 12.5 Å². The first-order valence-electron chi connectivity index (χ1n) is 8.18. The predicted molar refractivity (Wildman–Crippen MR) is 109 cm³/mol. The number of aromatic nitrogens is 3. The molecule has 8 heteroatoms. The Kier molecular flexibility index (Phi) is 6.06. The molecular formula is C19H17N5OS2. The zero-order valence-electron chi connectivity index (χ0n) is 14.6. The highest BCUT2D eigenvalue weighted by molar-refractivity contribution is 8.00. The SMILES string of the molecule is C=CCn1c(S[C@H](C)C(=O)Nc2sccc2C#N)nnc1-c1ccccc1. The third-order valence-electron chi connectivity index (χ3n) is 3.73. The Morgan fingerprint density at radius 2 is 2.19 bits per heavy atom. The van der Waals surface area contributed by atoms with E-state index < -0.39 is 5.25 Å². The van der Waals surface area contributed by atoms with Crippen molar-refractivity contribution in [1.82, 2.24) is 14.8 Å². The second-order valence-corrected chi connectivity index (χ2v) is 7.82. The zero-order chi connectivity index (χ0) is 19.2. The molecule has 0 aliphatic heterocycles. The predicted octanol–water partition coefficient (Wildman–Crippen LogP) is 4.18.